The average molecular weight is 263 g/mol. The van der Waals surface area contributed by atoms with E-state index in [1.165, 1.54) is 5.56 Å². The monoisotopic (exact) mass is 262 g/mol. The van der Waals surface area contributed by atoms with Gasteiger partial charge in [0, 0.05) is 5.56 Å². The molecule has 2 aromatic rings. The Labute approximate surface area is 97.3 Å². The third kappa shape index (κ3) is 2.18. The summed E-state index contributed by atoms with van der Waals surface area (Å²) in [4.78, 5) is 4.08. The van der Waals surface area contributed by atoms with Crippen molar-refractivity contribution in [1.82, 2.24) is 4.98 Å². The largest absolute Gasteiger partial charge is 0.397 e. The Morgan fingerprint density at radius 3 is 2.80 bits per heavy atom. The highest BCUT2D eigenvalue weighted by Gasteiger charge is 2.03. The Balaban J connectivity index is 2.58. The van der Waals surface area contributed by atoms with Gasteiger partial charge in [0.1, 0.15) is 4.60 Å². The average Bonchev–Trinajstić information content (AvgIpc) is 2.22. The first kappa shape index (κ1) is 10.2. The smallest absolute Gasteiger partial charge is 0.106 e. The van der Waals surface area contributed by atoms with Gasteiger partial charge in [-0.15, -0.1) is 0 Å². The van der Waals surface area contributed by atoms with Crippen LogP contribution in [0.5, 0.6) is 0 Å². The van der Waals surface area contributed by atoms with E-state index >= 15 is 0 Å². The minimum Gasteiger partial charge on any atom is -0.397 e. The van der Waals surface area contributed by atoms with Gasteiger partial charge in [-0.3, -0.25) is 0 Å². The third-order valence-electron chi connectivity index (χ3n) is 2.23. The van der Waals surface area contributed by atoms with Crippen molar-refractivity contribution in [3.05, 3.63) is 46.7 Å². The Hall–Kier alpha value is -1.35. The van der Waals surface area contributed by atoms with Crippen molar-refractivity contribution >= 4 is 21.6 Å². The molecule has 0 unspecified atom stereocenters. The fourth-order valence-electron chi connectivity index (χ4n) is 1.50. The van der Waals surface area contributed by atoms with Crippen LogP contribution in [-0.2, 0) is 0 Å². The van der Waals surface area contributed by atoms with Crippen molar-refractivity contribution in [3.8, 4) is 11.1 Å². The third-order valence-corrected chi connectivity index (χ3v) is 2.66. The Morgan fingerprint density at radius 2 is 2.07 bits per heavy atom. The Bertz CT molecular complexity index is 495. The summed E-state index contributed by atoms with van der Waals surface area (Å²) in [6, 6.07) is 10.2. The van der Waals surface area contributed by atoms with Crippen molar-refractivity contribution in [1.29, 1.82) is 0 Å². The number of pyridine rings is 1. The summed E-state index contributed by atoms with van der Waals surface area (Å²) in [6.07, 6.45) is 1.67. The summed E-state index contributed by atoms with van der Waals surface area (Å²) < 4.78 is 0.799. The first-order chi connectivity index (χ1) is 7.16. The van der Waals surface area contributed by atoms with Gasteiger partial charge in [-0.2, -0.15) is 0 Å². The lowest BCUT2D eigenvalue weighted by Gasteiger charge is -2.06. The summed E-state index contributed by atoms with van der Waals surface area (Å²) in [6.45, 7) is 2.07. The van der Waals surface area contributed by atoms with Gasteiger partial charge in [0.2, 0.25) is 0 Å². The standard InChI is InChI=1S/C12H11BrN2/c1-8-3-2-4-9(5-8)10-6-12(13)15-7-11(10)14/h2-7H,14H2,1H3. The van der Waals surface area contributed by atoms with Gasteiger partial charge in [-0.1, -0.05) is 29.8 Å². The molecular formula is C12H11BrN2. The van der Waals surface area contributed by atoms with Gasteiger partial charge in [0.15, 0.2) is 0 Å². The summed E-state index contributed by atoms with van der Waals surface area (Å²) in [7, 11) is 0. The molecule has 0 fully saturated rings. The molecule has 1 aromatic carbocycles. The number of nitrogens with two attached hydrogens (primary N) is 1. The quantitative estimate of drug-likeness (QED) is 0.801. The van der Waals surface area contributed by atoms with E-state index in [0.29, 0.717) is 5.69 Å². The van der Waals surface area contributed by atoms with Crippen molar-refractivity contribution in [2.24, 2.45) is 0 Å². The van der Waals surface area contributed by atoms with Crippen LogP contribution in [0.4, 0.5) is 5.69 Å². The zero-order valence-corrected chi connectivity index (χ0v) is 9.95. The number of hydrogen-bond donors (Lipinski definition) is 1. The SMILES string of the molecule is Cc1cccc(-c2cc(Br)ncc2N)c1. The van der Waals surface area contributed by atoms with E-state index in [-0.39, 0.29) is 0 Å². The number of aromatic nitrogens is 1. The number of rotatable bonds is 1. The fraction of sp³-hybridized carbons (Fsp3) is 0.0833. The van der Waals surface area contributed by atoms with Crippen LogP contribution in [0.1, 0.15) is 5.56 Å². The van der Waals surface area contributed by atoms with E-state index < -0.39 is 0 Å². The van der Waals surface area contributed by atoms with Crippen molar-refractivity contribution in [2.45, 2.75) is 6.92 Å². The number of anilines is 1. The topological polar surface area (TPSA) is 38.9 Å². The number of benzene rings is 1. The normalized spacial score (nSPS) is 10.3. The molecule has 0 atom stereocenters. The van der Waals surface area contributed by atoms with E-state index in [4.69, 9.17) is 5.73 Å². The molecule has 0 radical (unpaired) electrons. The molecule has 76 valence electrons. The molecule has 2 nitrogen and oxygen atoms in total. The lowest BCUT2D eigenvalue weighted by molar-refractivity contribution is 1.28. The van der Waals surface area contributed by atoms with Crippen LogP contribution in [0.15, 0.2) is 41.1 Å². The lowest BCUT2D eigenvalue weighted by atomic mass is 10.0. The molecule has 0 saturated heterocycles. The molecule has 0 amide bonds. The molecule has 0 spiro atoms. The van der Waals surface area contributed by atoms with Crippen LogP contribution in [0.3, 0.4) is 0 Å². The number of hydrogen-bond acceptors (Lipinski definition) is 2. The minimum absolute atomic E-state index is 0.698. The number of aryl methyl sites for hydroxylation is 1. The van der Waals surface area contributed by atoms with Gasteiger partial charge in [0.05, 0.1) is 11.9 Å². The fourth-order valence-corrected chi connectivity index (χ4v) is 1.83. The van der Waals surface area contributed by atoms with Crippen LogP contribution < -0.4 is 5.73 Å². The molecule has 3 heteroatoms. The van der Waals surface area contributed by atoms with E-state index in [2.05, 4.69) is 40.0 Å². The second-order valence-electron chi connectivity index (χ2n) is 3.46. The van der Waals surface area contributed by atoms with Gasteiger partial charge in [0.25, 0.3) is 0 Å². The molecule has 2 N–H and O–H groups in total. The minimum atomic E-state index is 0.698. The van der Waals surface area contributed by atoms with Crippen LogP contribution in [0, 0.1) is 6.92 Å². The summed E-state index contributed by atoms with van der Waals surface area (Å²) >= 11 is 3.35. The maximum atomic E-state index is 5.89. The molecule has 0 aliphatic heterocycles. The first-order valence-electron chi connectivity index (χ1n) is 4.65. The van der Waals surface area contributed by atoms with Gasteiger partial charge in [-0.05, 0) is 34.5 Å². The maximum Gasteiger partial charge on any atom is 0.106 e. The Kier molecular flexibility index (Phi) is 2.73. The molecule has 0 aliphatic rings. The zero-order chi connectivity index (χ0) is 10.8. The second-order valence-corrected chi connectivity index (χ2v) is 4.28. The van der Waals surface area contributed by atoms with Crippen LogP contribution >= 0.6 is 15.9 Å². The van der Waals surface area contributed by atoms with E-state index in [9.17, 15) is 0 Å². The summed E-state index contributed by atoms with van der Waals surface area (Å²) in [5.74, 6) is 0. The number of nitrogen functional groups attached to an aromatic ring is 1. The molecule has 1 heterocycles. The van der Waals surface area contributed by atoms with Crippen LogP contribution in [0.25, 0.3) is 11.1 Å². The van der Waals surface area contributed by atoms with E-state index in [0.717, 1.165) is 15.7 Å². The lowest BCUT2D eigenvalue weighted by Crippen LogP contribution is -1.92. The van der Waals surface area contributed by atoms with Gasteiger partial charge < -0.3 is 5.73 Å². The van der Waals surface area contributed by atoms with Crippen LogP contribution in [0.2, 0.25) is 0 Å². The maximum absolute atomic E-state index is 5.89. The van der Waals surface area contributed by atoms with Crippen molar-refractivity contribution < 1.29 is 0 Å². The molecule has 15 heavy (non-hydrogen) atoms. The predicted octanol–water partition coefficient (Wildman–Crippen LogP) is 3.40. The molecule has 1 aromatic heterocycles. The molecule has 0 aliphatic carbocycles. The second kappa shape index (κ2) is 4.03. The van der Waals surface area contributed by atoms with Gasteiger partial charge in [-0.25, -0.2) is 4.98 Å². The zero-order valence-electron chi connectivity index (χ0n) is 8.37. The highest BCUT2D eigenvalue weighted by molar-refractivity contribution is 9.10. The van der Waals surface area contributed by atoms with Gasteiger partial charge >= 0.3 is 0 Å². The highest BCUT2D eigenvalue weighted by Crippen LogP contribution is 2.27. The summed E-state index contributed by atoms with van der Waals surface area (Å²) in [5.41, 5.74) is 9.94. The molecule has 0 saturated carbocycles. The summed E-state index contributed by atoms with van der Waals surface area (Å²) in [5, 5.41) is 0. The highest BCUT2D eigenvalue weighted by atomic mass is 79.9. The number of nitrogens with zero attached hydrogens (tertiary/aromatic N) is 1. The van der Waals surface area contributed by atoms with Crippen LogP contribution in [-0.4, -0.2) is 4.98 Å². The first-order valence-corrected chi connectivity index (χ1v) is 5.44. The number of halogens is 1. The van der Waals surface area contributed by atoms with E-state index in [1.54, 1.807) is 6.20 Å². The Morgan fingerprint density at radius 1 is 1.27 bits per heavy atom. The molecular weight excluding hydrogens is 252 g/mol. The molecule has 0 bridgehead atoms. The predicted molar refractivity (Wildman–Crippen MR) is 66.5 cm³/mol. The van der Waals surface area contributed by atoms with Crippen molar-refractivity contribution in [2.75, 3.05) is 5.73 Å². The van der Waals surface area contributed by atoms with Crippen molar-refractivity contribution in [3.63, 3.8) is 0 Å². The van der Waals surface area contributed by atoms with E-state index in [1.807, 2.05) is 18.2 Å². The molecule has 2 rings (SSSR count).